The molecule has 110 valence electrons. The molecule has 2 N–H and O–H groups in total. The molecular formula is C17H12O5. The van der Waals surface area contributed by atoms with Crippen LogP contribution in [0.2, 0.25) is 0 Å². The molecule has 0 radical (unpaired) electrons. The van der Waals surface area contributed by atoms with E-state index in [-0.39, 0.29) is 28.0 Å². The first-order valence-corrected chi connectivity index (χ1v) is 6.58. The van der Waals surface area contributed by atoms with Crippen molar-refractivity contribution in [2.24, 2.45) is 0 Å². The van der Waals surface area contributed by atoms with Crippen molar-refractivity contribution in [3.05, 3.63) is 68.5 Å². The largest absolute Gasteiger partial charge is 0.507 e. The minimum absolute atomic E-state index is 0.0112. The molecular weight excluding hydrogens is 284 g/mol. The summed E-state index contributed by atoms with van der Waals surface area (Å²) in [4.78, 5) is 24.2. The zero-order chi connectivity index (χ0) is 15.9. The number of fused-ring (bicyclic) bond motifs is 1. The maximum atomic E-state index is 12.3. The van der Waals surface area contributed by atoms with E-state index in [0.717, 1.165) is 5.56 Å². The highest BCUT2D eigenvalue weighted by atomic mass is 16.4. The minimum Gasteiger partial charge on any atom is -0.507 e. The smallest absolute Gasteiger partial charge is 0.235 e. The summed E-state index contributed by atoms with van der Waals surface area (Å²) in [6.07, 6.45) is 0. The van der Waals surface area contributed by atoms with E-state index >= 15 is 0 Å². The van der Waals surface area contributed by atoms with Crippen molar-refractivity contribution in [3.63, 3.8) is 0 Å². The average Bonchev–Trinajstić information content (AvgIpc) is 2.66. The van der Waals surface area contributed by atoms with Crippen LogP contribution in [0.25, 0.3) is 22.3 Å². The molecule has 0 bridgehead atoms. The quantitative estimate of drug-likeness (QED) is 0.720. The van der Waals surface area contributed by atoms with Gasteiger partial charge in [0.2, 0.25) is 16.6 Å². The van der Waals surface area contributed by atoms with Gasteiger partial charge >= 0.3 is 0 Å². The summed E-state index contributed by atoms with van der Waals surface area (Å²) in [5.74, 6) is -1.01. The molecule has 1 heterocycles. The maximum Gasteiger partial charge on any atom is 0.235 e. The van der Waals surface area contributed by atoms with Crippen LogP contribution in [0.4, 0.5) is 0 Å². The minimum atomic E-state index is -0.718. The second kappa shape index (κ2) is 5.04. The Bertz CT molecular complexity index is 1000. The normalized spacial score (nSPS) is 10.8. The SMILES string of the molecule is Cc1ccc(-c2oc3c(=O)ccccc3c(=O)c2O)c(O)c1. The molecule has 0 aliphatic heterocycles. The monoisotopic (exact) mass is 296 g/mol. The van der Waals surface area contributed by atoms with Crippen LogP contribution in [0.15, 0.2) is 56.5 Å². The molecule has 0 saturated heterocycles. The molecule has 5 nitrogen and oxygen atoms in total. The van der Waals surface area contributed by atoms with Crippen molar-refractivity contribution >= 4 is 11.0 Å². The van der Waals surface area contributed by atoms with Crippen LogP contribution in [0.3, 0.4) is 0 Å². The van der Waals surface area contributed by atoms with Crippen LogP contribution in [-0.4, -0.2) is 10.2 Å². The van der Waals surface area contributed by atoms with E-state index < -0.39 is 16.6 Å². The first kappa shape index (κ1) is 13.9. The van der Waals surface area contributed by atoms with Gasteiger partial charge in [-0.05, 0) is 36.8 Å². The second-order valence-corrected chi connectivity index (χ2v) is 4.95. The predicted octanol–water partition coefficient (Wildman–Crippen LogP) is 2.54. The standard InChI is InChI=1S/C17H12O5/c1-9-6-7-10(13(19)8-9)17-15(21)14(20)11-4-2-3-5-12(18)16(11)22-17/h2-8,19,21H,1H3. The molecule has 5 heteroatoms. The van der Waals surface area contributed by atoms with E-state index in [2.05, 4.69) is 0 Å². The molecule has 2 aromatic carbocycles. The van der Waals surface area contributed by atoms with Gasteiger partial charge < -0.3 is 14.6 Å². The number of hydrogen-bond donors (Lipinski definition) is 2. The van der Waals surface area contributed by atoms with Gasteiger partial charge in [0.15, 0.2) is 11.3 Å². The number of aryl methyl sites for hydroxylation is 1. The molecule has 0 amide bonds. The predicted molar refractivity (Wildman–Crippen MR) is 82.3 cm³/mol. The molecule has 0 spiro atoms. The van der Waals surface area contributed by atoms with Gasteiger partial charge in [0, 0.05) is 0 Å². The Labute approximate surface area is 124 Å². The Balaban J connectivity index is 2.47. The van der Waals surface area contributed by atoms with Crippen molar-refractivity contribution in [1.29, 1.82) is 0 Å². The summed E-state index contributed by atoms with van der Waals surface area (Å²) in [6.45, 7) is 1.79. The van der Waals surface area contributed by atoms with Gasteiger partial charge in [-0.1, -0.05) is 18.2 Å². The fraction of sp³-hybridized carbons (Fsp3) is 0.0588. The molecule has 0 unspecified atom stereocenters. The number of rotatable bonds is 1. The molecule has 3 aromatic rings. The van der Waals surface area contributed by atoms with E-state index in [4.69, 9.17) is 4.42 Å². The van der Waals surface area contributed by atoms with Gasteiger partial charge in [-0.2, -0.15) is 0 Å². The van der Waals surface area contributed by atoms with Crippen LogP contribution in [0.5, 0.6) is 11.5 Å². The van der Waals surface area contributed by atoms with Crippen LogP contribution >= 0.6 is 0 Å². The summed E-state index contributed by atoms with van der Waals surface area (Å²) in [6, 6.07) is 10.4. The Kier molecular flexibility index (Phi) is 3.18. The average molecular weight is 296 g/mol. The molecule has 1 aromatic heterocycles. The van der Waals surface area contributed by atoms with Crippen LogP contribution in [0.1, 0.15) is 5.56 Å². The molecule has 0 aliphatic rings. The maximum absolute atomic E-state index is 12.3. The highest BCUT2D eigenvalue weighted by Crippen LogP contribution is 2.35. The fourth-order valence-electron chi connectivity index (χ4n) is 2.26. The van der Waals surface area contributed by atoms with Crippen LogP contribution in [-0.2, 0) is 0 Å². The van der Waals surface area contributed by atoms with Crippen LogP contribution in [0, 0.1) is 6.92 Å². The van der Waals surface area contributed by atoms with Crippen molar-refractivity contribution in [2.75, 3.05) is 0 Å². The molecule has 3 rings (SSSR count). The molecule has 0 saturated carbocycles. The van der Waals surface area contributed by atoms with Crippen molar-refractivity contribution in [1.82, 2.24) is 0 Å². The lowest BCUT2D eigenvalue weighted by Crippen LogP contribution is -2.06. The van der Waals surface area contributed by atoms with E-state index in [1.165, 1.54) is 36.4 Å². The van der Waals surface area contributed by atoms with E-state index in [1.54, 1.807) is 13.0 Å². The highest BCUT2D eigenvalue weighted by molar-refractivity contribution is 5.82. The summed E-state index contributed by atoms with van der Waals surface area (Å²) >= 11 is 0. The number of phenolic OH excluding ortho intramolecular Hbond substituents is 1. The Morgan fingerprint density at radius 3 is 2.45 bits per heavy atom. The van der Waals surface area contributed by atoms with E-state index in [9.17, 15) is 19.8 Å². The van der Waals surface area contributed by atoms with E-state index in [0.29, 0.717) is 0 Å². The summed E-state index contributed by atoms with van der Waals surface area (Å²) in [5.41, 5.74) is -0.412. The third-order valence-corrected chi connectivity index (χ3v) is 3.37. The third kappa shape index (κ3) is 2.13. The van der Waals surface area contributed by atoms with Gasteiger partial charge in [-0.15, -0.1) is 0 Å². The lowest BCUT2D eigenvalue weighted by atomic mass is 10.1. The lowest BCUT2D eigenvalue weighted by molar-refractivity contribution is 0.443. The topological polar surface area (TPSA) is 87.7 Å². The fourth-order valence-corrected chi connectivity index (χ4v) is 2.26. The molecule has 22 heavy (non-hydrogen) atoms. The zero-order valence-corrected chi connectivity index (χ0v) is 11.7. The first-order valence-electron chi connectivity index (χ1n) is 6.58. The van der Waals surface area contributed by atoms with E-state index in [1.807, 2.05) is 0 Å². The Morgan fingerprint density at radius 2 is 1.73 bits per heavy atom. The van der Waals surface area contributed by atoms with Gasteiger partial charge in [-0.3, -0.25) is 9.59 Å². The number of hydrogen-bond acceptors (Lipinski definition) is 5. The van der Waals surface area contributed by atoms with Gasteiger partial charge in [0.05, 0.1) is 10.9 Å². The second-order valence-electron chi connectivity index (χ2n) is 4.95. The summed E-state index contributed by atoms with van der Waals surface area (Å²) in [5, 5.41) is 20.1. The van der Waals surface area contributed by atoms with Gasteiger partial charge in [0.1, 0.15) is 5.75 Å². The van der Waals surface area contributed by atoms with Crippen molar-refractivity contribution < 1.29 is 14.6 Å². The van der Waals surface area contributed by atoms with Gasteiger partial charge in [-0.25, -0.2) is 0 Å². The number of benzene rings is 1. The number of phenols is 1. The summed E-state index contributed by atoms with van der Waals surface area (Å²) < 4.78 is 5.45. The number of aromatic hydroxyl groups is 2. The van der Waals surface area contributed by atoms with Crippen molar-refractivity contribution in [2.45, 2.75) is 6.92 Å². The van der Waals surface area contributed by atoms with Gasteiger partial charge in [0.25, 0.3) is 0 Å². The summed E-state index contributed by atoms with van der Waals surface area (Å²) in [7, 11) is 0. The first-order chi connectivity index (χ1) is 10.5. The van der Waals surface area contributed by atoms with Crippen LogP contribution < -0.4 is 10.9 Å². The molecule has 0 fully saturated rings. The zero-order valence-electron chi connectivity index (χ0n) is 11.7. The Hall–Kier alpha value is -3.08. The molecule has 0 aliphatic carbocycles. The van der Waals surface area contributed by atoms with Crippen molar-refractivity contribution in [3.8, 4) is 22.8 Å². The highest BCUT2D eigenvalue weighted by Gasteiger charge is 2.18. The lowest BCUT2D eigenvalue weighted by Gasteiger charge is -2.07. The third-order valence-electron chi connectivity index (χ3n) is 3.37. The Morgan fingerprint density at radius 1 is 1.00 bits per heavy atom. The molecule has 0 atom stereocenters.